The van der Waals surface area contributed by atoms with Crippen LogP contribution in [0.3, 0.4) is 0 Å². The number of carbonyl (C=O) groups excluding carboxylic acids is 1. The van der Waals surface area contributed by atoms with Crippen molar-refractivity contribution in [2.24, 2.45) is 5.92 Å². The van der Waals surface area contributed by atoms with Gasteiger partial charge in [-0.15, -0.1) is 0 Å². The Bertz CT molecular complexity index is 531. The molecule has 0 radical (unpaired) electrons. The highest BCUT2D eigenvalue weighted by atomic mass is 16.4. The summed E-state index contributed by atoms with van der Waals surface area (Å²) < 4.78 is 5.85. The molecular weight excluding hydrogens is 276 g/mol. The van der Waals surface area contributed by atoms with Gasteiger partial charge in [-0.05, 0) is 44.9 Å². The monoisotopic (exact) mass is 304 g/mol. The Kier molecular flexibility index (Phi) is 4.55. The lowest BCUT2D eigenvalue weighted by molar-refractivity contribution is 0.0625. The predicted molar refractivity (Wildman–Crippen MR) is 86.0 cm³/mol. The van der Waals surface area contributed by atoms with Crippen molar-refractivity contribution in [3.63, 3.8) is 0 Å². The third-order valence-electron chi connectivity index (χ3n) is 4.82. The number of nitrogens with zero attached hydrogens (tertiary/aromatic N) is 2. The summed E-state index contributed by atoms with van der Waals surface area (Å²) in [6.07, 6.45) is 8.04. The highest BCUT2D eigenvalue weighted by Crippen LogP contribution is 2.40. The van der Waals surface area contributed by atoms with Crippen molar-refractivity contribution >= 4 is 5.91 Å². The second-order valence-electron chi connectivity index (χ2n) is 7.37. The van der Waals surface area contributed by atoms with Crippen molar-refractivity contribution < 1.29 is 9.21 Å². The molecule has 4 nitrogen and oxygen atoms in total. The number of hydrogen-bond donors (Lipinski definition) is 0. The third kappa shape index (κ3) is 3.36. The summed E-state index contributed by atoms with van der Waals surface area (Å²) in [7, 11) is 0. The van der Waals surface area contributed by atoms with Crippen LogP contribution < -0.4 is 0 Å². The van der Waals surface area contributed by atoms with Crippen molar-refractivity contribution in [3.05, 3.63) is 17.3 Å². The van der Waals surface area contributed by atoms with Gasteiger partial charge in [0.25, 0.3) is 5.91 Å². The molecule has 2 aliphatic rings. The van der Waals surface area contributed by atoms with E-state index in [2.05, 4.69) is 23.7 Å². The first-order valence-electron chi connectivity index (χ1n) is 8.84. The maximum absolute atomic E-state index is 13.0. The van der Waals surface area contributed by atoms with E-state index in [-0.39, 0.29) is 5.91 Å². The molecule has 1 aromatic heterocycles. The molecule has 0 N–H and O–H groups in total. The molecule has 1 aliphatic heterocycles. The molecule has 0 spiro atoms. The summed E-state index contributed by atoms with van der Waals surface area (Å²) in [6.45, 7) is 7.23. The van der Waals surface area contributed by atoms with Crippen LogP contribution in [-0.2, 0) is 0 Å². The van der Waals surface area contributed by atoms with Crippen molar-refractivity contribution in [1.82, 2.24) is 9.88 Å². The number of hydrogen-bond acceptors (Lipinski definition) is 3. The average Bonchev–Trinajstić information content (AvgIpc) is 3.25. The number of amides is 1. The van der Waals surface area contributed by atoms with Crippen LogP contribution in [0.4, 0.5) is 0 Å². The lowest BCUT2D eigenvalue weighted by Crippen LogP contribution is -2.40. The summed E-state index contributed by atoms with van der Waals surface area (Å²) in [6, 6.07) is 0.351. The maximum atomic E-state index is 13.0. The molecule has 1 aliphatic carbocycles. The minimum Gasteiger partial charge on any atom is -0.435 e. The van der Waals surface area contributed by atoms with Crippen LogP contribution in [0.2, 0.25) is 0 Å². The van der Waals surface area contributed by atoms with E-state index in [9.17, 15) is 4.79 Å². The van der Waals surface area contributed by atoms with E-state index in [0.717, 1.165) is 50.2 Å². The Morgan fingerprint density at radius 2 is 2.05 bits per heavy atom. The van der Waals surface area contributed by atoms with Crippen LogP contribution in [0.25, 0.3) is 0 Å². The molecule has 1 atom stereocenters. The van der Waals surface area contributed by atoms with Crippen LogP contribution in [-0.4, -0.2) is 28.4 Å². The van der Waals surface area contributed by atoms with Crippen LogP contribution in [0, 0.1) is 12.8 Å². The largest absolute Gasteiger partial charge is 0.435 e. The number of oxazole rings is 1. The van der Waals surface area contributed by atoms with Crippen molar-refractivity contribution in [3.8, 4) is 0 Å². The highest BCUT2D eigenvalue weighted by Gasteiger charge is 2.34. The minimum absolute atomic E-state index is 0.0597. The van der Waals surface area contributed by atoms with Gasteiger partial charge in [0, 0.05) is 18.5 Å². The molecule has 1 saturated carbocycles. The summed E-state index contributed by atoms with van der Waals surface area (Å²) in [4.78, 5) is 19.6. The molecule has 2 fully saturated rings. The van der Waals surface area contributed by atoms with Gasteiger partial charge in [0.1, 0.15) is 0 Å². The van der Waals surface area contributed by atoms with Gasteiger partial charge in [-0.3, -0.25) is 4.79 Å². The average molecular weight is 304 g/mol. The summed E-state index contributed by atoms with van der Waals surface area (Å²) in [5, 5.41) is 0. The first-order chi connectivity index (χ1) is 10.6. The topological polar surface area (TPSA) is 46.3 Å². The predicted octanol–water partition coefficient (Wildman–Crippen LogP) is 4.29. The number of likely N-dealkylation sites (tertiary alicyclic amines) is 1. The molecule has 22 heavy (non-hydrogen) atoms. The van der Waals surface area contributed by atoms with Crippen molar-refractivity contribution in [1.29, 1.82) is 0 Å². The summed E-state index contributed by atoms with van der Waals surface area (Å²) in [5.74, 6) is 2.38. The van der Waals surface area contributed by atoms with Crippen LogP contribution in [0.1, 0.15) is 86.9 Å². The van der Waals surface area contributed by atoms with Crippen molar-refractivity contribution in [2.75, 3.05) is 6.54 Å². The van der Waals surface area contributed by atoms with Gasteiger partial charge in [0.2, 0.25) is 5.76 Å². The Hall–Kier alpha value is -1.32. The number of aryl methyl sites for hydroxylation is 1. The van der Waals surface area contributed by atoms with Gasteiger partial charge in [-0.2, -0.15) is 0 Å². The van der Waals surface area contributed by atoms with E-state index in [1.54, 1.807) is 0 Å². The molecule has 0 aromatic carbocycles. The molecule has 3 rings (SSSR count). The zero-order chi connectivity index (χ0) is 15.7. The summed E-state index contributed by atoms with van der Waals surface area (Å²) >= 11 is 0. The van der Waals surface area contributed by atoms with Gasteiger partial charge in [-0.1, -0.05) is 26.7 Å². The van der Waals surface area contributed by atoms with Gasteiger partial charge < -0.3 is 9.32 Å². The molecular formula is C18H28N2O2. The van der Waals surface area contributed by atoms with Crippen LogP contribution >= 0.6 is 0 Å². The number of carbonyl (C=O) groups is 1. The van der Waals surface area contributed by atoms with Gasteiger partial charge >= 0.3 is 0 Å². The smallest absolute Gasteiger partial charge is 0.291 e. The first kappa shape index (κ1) is 15.6. The quantitative estimate of drug-likeness (QED) is 0.833. The molecule has 4 heteroatoms. The van der Waals surface area contributed by atoms with Crippen molar-refractivity contribution in [2.45, 2.75) is 77.7 Å². The lowest BCUT2D eigenvalue weighted by Gasteiger charge is -2.30. The Morgan fingerprint density at radius 3 is 2.73 bits per heavy atom. The second-order valence-corrected chi connectivity index (χ2v) is 7.37. The van der Waals surface area contributed by atoms with Gasteiger partial charge in [-0.25, -0.2) is 4.98 Å². The van der Waals surface area contributed by atoms with Gasteiger partial charge in [0.05, 0.1) is 5.69 Å². The van der Waals surface area contributed by atoms with E-state index in [4.69, 9.17) is 4.42 Å². The minimum atomic E-state index is 0.0597. The highest BCUT2D eigenvalue weighted by molar-refractivity contribution is 5.92. The van der Waals surface area contributed by atoms with Crippen LogP contribution in [0.15, 0.2) is 4.42 Å². The normalized spacial score (nSPS) is 22.9. The Morgan fingerprint density at radius 1 is 1.27 bits per heavy atom. The molecule has 1 saturated heterocycles. The van der Waals surface area contributed by atoms with E-state index < -0.39 is 0 Å². The number of rotatable bonds is 4. The van der Waals surface area contributed by atoms with E-state index in [1.807, 2.05) is 6.92 Å². The molecule has 1 aromatic rings. The fourth-order valence-corrected chi connectivity index (χ4v) is 3.48. The zero-order valence-corrected chi connectivity index (χ0v) is 14.1. The standard InChI is InChI=1S/C18H28N2O2/c1-12(2)11-15-7-5-4-6-10-20(15)18(21)16-13(3)19-17(22-16)14-8-9-14/h12,14-15H,4-11H2,1-3H3/t15-/m1/s1. The summed E-state index contributed by atoms with van der Waals surface area (Å²) in [5.41, 5.74) is 0.763. The Balaban J connectivity index is 1.80. The van der Waals surface area contributed by atoms with E-state index in [0.29, 0.717) is 23.6 Å². The Labute approximate surface area is 133 Å². The molecule has 1 amide bonds. The molecule has 0 unspecified atom stereocenters. The fraction of sp³-hybridized carbons (Fsp3) is 0.778. The third-order valence-corrected chi connectivity index (χ3v) is 4.82. The molecule has 122 valence electrons. The van der Waals surface area contributed by atoms with Gasteiger partial charge in [0.15, 0.2) is 5.89 Å². The molecule has 2 heterocycles. The van der Waals surface area contributed by atoms with E-state index in [1.165, 1.54) is 12.8 Å². The molecule has 0 bridgehead atoms. The first-order valence-corrected chi connectivity index (χ1v) is 8.84. The lowest BCUT2D eigenvalue weighted by atomic mass is 9.98. The van der Waals surface area contributed by atoms with E-state index >= 15 is 0 Å². The maximum Gasteiger partial charge on any atom is 0.291 e. The SMILES string of the molecule is Cc1nc(C2CC2)oc1C(=O)N1CCCCC[C@@H]1CC(C)C. The zero-order valence-electron chi connectivity index (χ0n) is 14.1. The number of aromatic nitrogens is 1. The fourth-order valence-electron chi connectivity index (χ4n) is 3.48. The second kappa shape index (κ2) is 6.43. The van der Waals surface area contributed by atoms with Crippen LogP contribution in [0.5, 0.6) is 0 Å².